The Balaban J connectivity index is 1.72. The molecule has 0 bridgehead atoms. The third-order valence-corrected chi connectivity index (χ3v) is 5.25. The van der Waals surface area contributed by atoms with Crippen molar-refractivity contribution in [2.75, 3.05) is 19.0 Å². The van der Waals surface area contributed by atoms with Gasteiger partial charge in [-0.1, -0.05) is 12.1 Å². The Morgan fingerprint density at radius 1 is 1.20 bits per heavy atom. The first-order chi connectivity index (χ1) is 14.0. The van der Waals surface area contributed by atoms with E-state index < -0.39 is 11.7 Å². The average Bonchev–Trinajstić information content (AvgIpc) is 2.68. The molecule has 1 atom stereocenters. The van der Waals surface area contributed by atoms with Crippen LogP contribution < -0.4 is 20.1 Å². The number of β-amino-alcohol motifs (C(OH)–C–C–N with tert-alkyl or cyclic N) is 1. The number of hydrogen-bond acceptors (Lipinski definition) is 6. The van der Waals surface area contributed by atoms with Gasteiger partial charge < -0.3 is 30.3 Å². The number of nitrogens with one attached hydrogen (secondary N) is 2. The molecule has 0 saturated carbocycles. The van der Waals surface area contributed by atoms with Crippen LogP contribution in [0, 0.1) is 0 Å². The molecule has 1 amide bonds. The number of aliphatic hydroxyl groups is 1. The van der Waals surface area contributed by atoms with Crippen molar-refractivity contribution in [3.8, 4) is 17.2 Å². The highest BCUT2D eigenvalue weighted by Crippen LogP contribution is 2.44. The molecule has 1 aliphatic rings. The number of carbonyl (C=O) groups excluding carboxylic acids is 1. The summed E-state index contributed by atoms with van der Waals surface area (Å²) in [6.45, 7) is 7.69. The summed E-state index contributed by atoms with van der Waals surface area (Å²) >= 11 is 0. The van der Waals surface area contributed by atoms with E-state index in [1.807, 2.05) is 24.3 Å². The second kappa shape index (κ2) is 8.16. The maximum absolute atomic E-state index is 12.2. The second-order valence-electron chi connectivity index (χ2n) is 8.75. The van der Waals surface area contributed by atoms with Crippen molar-refractivity contribution in [1.82, 2.24) is 5.32 Å². The Labute approximate surface area is 177 Å². The first kappa shape index (κ1) is 21.9. The molecule has 7 heteroatoms. The smallest absolute Gasteiger partial charge is 0.268 e. The molecule has 3 rings (SSSR count). The van der Waals surface area contributed by atoms with Crippen LogP contribution in [0.2, 0.25) is 0 Å². The molecule has 162 valence electrons. The van der Waals surface area contributed by atoms with Gasteiger partial charge in [0.25, 0.3) is 5.91 Å². The molecular formula is C23H30N2O5. The maximum Gasteiger partial charge on any atom is 0.268 e. The molecule has 1 unspecified atom stereocenters. The Morgan fingerprint density at radius 3 is 2.50 bits per heavy atom. The van der Waals surface area contributed by atoms with E-state index in [0.29, 0.717) is 11.3 Å². The van der Waals surface area contributed by atoms with Gasteiger partial charge >= 0.3 is 0 Å². The molecule has 0 aromatic heterocycles. The molecule has 4 N–H and O–H groups in total. The minimum absolute atomic E-state index is 0.0994. The molecule has 0 fully saturated rings. The lowest BCUT2D eigenvalue weighted by Crippen LogP contribution is -2.46. The molecule has 1 aliphatic heterocycles. The van der Waals surface area contributed by atoms with Gasteiger partial charge in [-0.15, -0.1) is 0 Å². The molecule has 0 radical (unpaired) electrons. The van der Waals surface area contributed by atoms with Crippen molar-refractivity contribution in [2.24, 2.45) is 0 Å². The average molecular weight is 415 g/mol. The molecular weight excluding hydrogens is 384 g/mol. The molecule has 1 heterocycles. The predicted molar refractivity (Wildman–Crippen MR) is 115 cm³/mol. The number of phenolic OH excluding ortho intramolecular Hbond substituents is 1. The zero-order valence-electron chi connectivity index (χ0n) is 18.1. The van der Waals surface area contributed by atoms with Crippen LogP contribution in [0.4, 0.5) is 5.69 Å². The summed E-state index contributed by atoms with van der Waals surface area (Å²) in [5.74, 6) is 0.655. The number of benzene rings is 2. The lowest BCUT2D eigenvalue weighted by Gasteiger charge is -2.34. The molecule has 0 aliphatic carbocycles. The second-order valence-corrected chi connectivity index (χ2v) is 8.75. The number of rotatable bonds is 7. The van der Waals surface area contributed by atoms with Crippen LogP contribution in [-0.4, -0.2) is 40.9 Å². The van der Waals surface area contributed by atoms with Gasteiger partial charge in [-0.25, -0.2) is 0 Å². The summed E-state index contributed by atoms with van der Waals surface area (Å²) in [7, 11) is 1.64. The summed E-state index contributed by atoms with van der Waals surface area (Å²) < 4.78 is 11.0. The topological polar surface area (TPSA) is 100 Å². The van der Waals surface area contributed by atoms with Crippen molar-refractivity contribution in [3.63, 3.8) is 0 Å². The van der Waals surface area contributed by atoms with Gasteiger partial charge in [0.2, 0.25) is 0 Å². The Bertz CT molecular complexity index is 922. The Morgan fingerprint density at radius 2 is 1.87 bits per heavy atom. The maximum atomic E-state index is 12.2. The third kappa shape index (κ3) is 4.68. The molecule has 2 aromatic rings. The highest BCUT2D eigenvalue weighted by atomic mass is 16.5. The fourth-order valence-electron chi connectivity index (χ4n) is 3.45. The number of carbonyl (C=O) groups is 1. The van der Waals surface area contributed by atoms with Gasteiger partial charge in [0.05, 0.1) is 13.2 Å². The fourth-order valence-corrected chi connectivity index (χ4v) is 3.45. The van der Waals surface area contributed by atoms with E-state index in [4.69, 9.17) is 9.47 Å². The number of aliphatic hydroxyl groups excluding tert-OH is 1. The van der Waals surface area contributed by atoms with Crippen LogP contribution in [0.25, 0.3) is 0 Å². The van der Waals surface area contributed by atoms with E-state index in [1.165, 1.54) is 6.07 Å². The van der Waals surface area contributed by atoms with Crippen molar-refractivity contribution >= 4 is 11.6 Å². The van der Waals surface area contributed by atoms with Crippen LogP contribution in [0.5, 0.6) is 17.2 Å². The lowest BCUT2D eigenvalue weighted by atomic mass is 9.94. The largest absolute Gasteiger partial charge is 0.506 e. The van der Waals surface area contributed by atoms with Crippen molar-refractivity contribution in [1.29, 1.82) is 0 Å². The normalized spacial score (nSPS) is 16.3. The minimum atomic E-state index is -1.10. The summed E-state index contributed by atoms with van der Waals surface area (Å²) in [6, 6.07) is 11.0. The summed E-state index contributed by atoms with van der Waals surface area (Å²) in [5.41, 5.74) is 0.464. The molecule has 7 nitrogen and oxygen atoms in total. The summed E-state index contributed by atoms with van der Waals surface area (Å²) in [6.07, 6.45) is -0.128. The van der Waals surface area contributed by atoms with E-state index in [9.17, 15) is 15.0 Å². The number of methoxy groups -OCH3 is 1. The quantitative estimate of drug-likeness (QED) is 0.520. The van der Waals surface area contributed by atoms with Crippen LogP contribution in [0.1, 0.15) is 44.9 Å². The van der Waals surface area contributed by atoms with E-state index in [-0.39, 0.29) is 29.4 Å². The number of fused-ring (bicyclic) bond motifs is 1. The summed E-state index contributed by atoms with van der Waals surface area (Å²) in [4.78, 5) is 12.2. The Hall–Kier alpha value is -2.77. The predicted octanol–water partition coefficient (Wildman–Crippen LogP) is 3.15. The van der Waals surface area contributed by atoms with E-state index >= 15 is 0 Å². The van der Waals surface area contributed by atoms with Gasteiger partial charge in [-0.2, -0.15) is 0 Å². The first-order valence-corrected chi connectivity index (χ1v) is 9.95. The zero-order valence-corrected chi connectivity index (χ0v) is 18.1. The van der Waals surface area contributed by atoms with E-state index in [0.717, 1.165) is 17.7 Å². The monoisotopic (exact) mass is 414 g/mol. The van der Waals surface area contributed by atoms with Crippen molar-refractivity contribution in [2.45, 2.75) is 51.4 Å². The standard InChI is InChI=1S/C23H30N2O5/c1-22(2,12-14-6-8-15(29-5)9-7-14)24-13-18(27)16-10-11-17(26)19-20(16)30-23(3,4)21(28)25-19/h6-11,18,24,26-27H,12-13H2,1-5H3,(H,25,28). The number of amides is 1. The number of phenols is 1. The molecule has 2 aromatic carbocycles. The fraction of sp³-hybridized carbons (Fsp3) is 0.435. The van der Waals surface area contributed by atoms with Crippen LogP contribution in [0.3, 0.4) is 0 Å². The molecule has 0 spiro atoms. The lowest BCUT2D eigenvalue weighted by molar-refractivity contribution is -0.129. The van der Waals surface area contributed by atoms with Crippen LogP contribution in [-0.2, 0) is 11.2 Å². The number of ether oxygens (including phenoxy) is 2. The zero-order chi connectivity index (χ0) is 22.1. The van der Waals surface area contributed by atoms with Crippen LogP contribution >= 0.6 is 0 Å². The molecule has 30 heavy (non-hydrogen) atoms. The van der Waals surface area contributed by atoms with Gasteiger partial charge in [0, 0.05) is 17.6 Å². The third-order valence-electron chi connectivity index (χ3n) is 5.25. The highest BCUT2D eigenvalue weighted by molar-refractivity contribution is 6.01. The van der Waals surface area contributed by atoms with Crippen LogP contribution in [0.15, 0.2) is 36.4 Å². The molecule has 0 saturated heterocycles. The van der Waals surface area contributed by atoms with Gasteiger partial charge in [-0.3, -0.25) is 4.79 Å². The highest BCUT2D eigenvalue weighted by Gasteiger charge is 2.38. The van der Waals surface area contributed by atoms with Gasteiger partial charge in [-0.05, 0) is 63.9 Å². The van der Waals surface area contributed by atoms with Crippen molar-refractivity contribution in [3.05, 3.63) is 47.5 Å². The summed E-state index contributed by atoms with van der Waals surface area (Å²) in [5, 5.41) is 27.0. The van der Waals surface area contributed by atoms with Gasteiger partial charge in [0.1, 0.15) is 17.2 Å². The van der Waals surface area contributed by atoms with Crippen molar-refractivity contribution < 1.29 is 24.5 Å². The first-order valence-electron chi connectivity index (χ1n) is 9.95. The van der Waals surface area contributed by atoms with E-state index in [1.54, 1.807) is 27.0 Å². The number of aromatic hydroxyl groups is 1. The van der Waals surface area contributed by atoms with Gasteiger partial charge in [0.15, 0.2) is 11.4 Å². The number of hydrogen-bond donors (Lipinski definition) is 4. The minimum Gasteiger partial charge on any atom is -0.506 e. The number of anilines is 1. The Kier molecular flexibility index (Phi) is 5.97. The SMILES string of the molecule is COc1ccc(CC(C)(C)NCC(O)c2ccc(O)c3c2OC(C)(C)C(=O)N3)cc1. The van der Waals surface area contributed by atoms with E-state index in [2.05, 4.69) is 24.5 Å².